The third-order valence-corrected chi connectivity index (χ3v) is 2.16. The van der Waals surface area contributed by atoms with Gasteiger partial charge in [0.25, 0.3) is 0 Å². The number of aryl methyl sites for hydroxylation is 2. The Bertz CT molecular complexity index is 422. The highest BCUT2D eigenvalue weighted by Gasteiger charge is 2.18. The topological polar surface area (TPSA) is 48.1 Å². The molecular formula is C12H18N2OS. The van der Waals surface area contributed by atoms with Gasteiger partial charge in [0.15, 0.2) is 0 Å². The molecule has 0 aliphatic carbocycles. The third kappa shape index (κ3) is 3.17. The van der Waals surface area contributed by atoms with Crippen molar-refractivity contribution in [3.05, 3.63) is 23.0 Å². The van der Waals surface area contributed by atoms with E-state index in [0.717, 1.165) is 17.0 Å². The van der Waals surface area contributed by atoms with Crippen LogP contribution in [0.1, 0.15) is 37.7 Å². The summed E-state index contributed by atoms with van der Waals surface area (Å²) in [5, 5.41) is 0. The average molecular weight is 238 g/mol. The first-order valence-corrected chi connectivity index (χ1v) is 5.58. The van der Waals surface area contributed by atoms with Gasteiger partial charge in [0, 0.05) is 11.8 Å². The zero-order valence-electron chi connectivity index (χ0n) is 10.4. The minimum absolute atomic E-state index is 0.278. The first-order chi connectivity index (χ1) is 7.20. The molecule has 1 aromatic heterocycles. The summed E-state index contributed by atoms with van der Waals surface area (Å²) in [7, 11) is 0. The van der Waals surface area contributed by atoms with E-state index in [4.69, 9.17) is 22.7 Å². The largest absolute Gasteiger partial charge is 0.487 e. The molecule has 0 bridgehead atoms. The lowest BCUT2D eigenvalue weighted by Gasteiger charge is -2.24. The van der Waals surface area contributed by atoms with Gasteiger partial charge in [-0.25, -0.2) is 0 Å². The minimum Gasteiger partial charge on any atom is -0.487 e. The highest BCUT2D eigenvalue weighted by molar-refractivity contribution is 7.80. The Labute approximate surface area is 102 Å². The predicted octanol–water partition coefficient (Wildman–Crippen LogP) is 2.51. The quantitative estimate of drug-likeness (QED) is 0.804. The van der Waals surface area contributed by atoms with E-state index >= 15 is 0 Å². The standard InChI is InChI=1S/C12H18N2OS/c1-7-6-9(15-12(3,4)5)10(11(13)16)8(2)14-7/h6H,1-5H3,(H2,13,16). The number of pyridine rings is 1. The molecule has 16 heavy (non-hydrogen) atoms. The number of hydrogen-bond acceptors (Lipinski definition) is 3. The predicted molar refractivity (Wildman–Crippen MR) is 70.0 cm³/mol. The number of ether oxygens (including phenoxy) is 1. The van der Waals surface area contributed by atoms with Crippen molar-refractivity contribution >= 4 is 17.2 Å². The molecule has 3 nitrogen and oxygen atoms in total. The molecule has 0 saturated heterocycles. The number of thiocarbonyl (C=S) groups is 1. The Morgan fingerprint density at radius 1 is 1.38 bits per heavy atom. The molecule has 0 spiro atoms. The number of aromatic nitrogens is 1. The molecule has 0 radical (unpaired) electrons. The number of hydrogen-bond donors (Lipinski definition) is 1. The SMILES string of the molecule is Cc1cc(OC(C)(C)C)c(C(N)=S)c(C)n1. The van der Waals surface area contributed by atoms with E-state index in [1.165, 1.54) is 0 Å². The van der Waals surface area contributed by atoms with Gasteiger partial charge in [-0.15, -0.1) is 0 Å². The van der Waals surface area contributed by atoms with E-state index in [9.17, 15) is 0 Å². The number of rotatable bonds is 2. The number of nitrogens with zero attached hydrogens (tertiary/aromatic N) is 1. The van der Waals surface area contributed by atoms with Gasteiger partial charge in [0.05, 0.1) is 11.3 Å². The highest BCUT2D eigenvalue weighted by atomic mass is 32.1. The van der Waals surface area contributed by atoms with Gasteiger partial charge in [-0.3, -0.25) is 4.98 Å². The van der Waals surface area contributed by atoms with Crippen molar-refractivity contribution in [1.82, 2.24) is 4.98 Å². The van der Waals surface area contributed by atoms with Crippen LogP contribution in [0.2, 0.25) is 0 Å². The summed E-state index contributed by atoms with van der Waals surface area (Å²) in [5.74, 6) is 0.713. The van der Waals surface area contributed by atoms with Gasteiger partial charge in [0.1, 0.15) is 16.3 Å². The van der Waals surface area contributed by atoms with E-state index in [0.29, 0.717) is 10.7 Å². The van der Waals surface area contributed by atoms with Crippen LogP contribution < -0.4 is 10.5 Å². The zero-order valence-corrected chi connectivity index (χ0v) is 11.2. The van der Waals surface area contributed by atoms with Crippen molar-refractivity contribution in [2.75, 3.05) is 0 Å². The third-order valence-electron chi connectivity index (χ3n) is 1.95. The molecule has 0 aromatic carbocycles. The second-order valence-electron chi connectivity index (χ2n) is 4.80. The molecule has 0 unspecified atom stereocenters. The summed E-state index contributed by atoms with van der Waals surface area (Å²) in [6.07, 6.45) is 0. The summed E-state index contributed by atoms with van der Waals surface area (Å²) in [4.78, 5) is 4.66. The second kappa shape index (κ2) is 4.37. The van der Waals surface area contributed by atoms with Crippen LogP contribution in [0.4, 0.5) is 0 Å². The van der Waals surface area contributed by atoms with E-state index in [1.54, 1.807) is 0 Å². The molecule has 0 aliphatic heterocycles. The fraction of sp³-hybridized carbons (Fsp3) is 0.500. The smallest absolute Gasteiger partial charge is 0.133 e. The first-order valence-electron chi connectivity index (χ1n) is 5.18. The van der Waals surface area contributed by atoms with Gasteiger partial charge in [-0.05, 0) is 34.6 Å². The summed E-state index contributed by atoms with van der Waals surface area (Å²) in [6, 6.07) is 1.87. The molecule has 2 N–H and O–H groups in total. The maximum atomic E-state index is 5.85. The Kier molecular flexibility index (Phi) is 3.53. The summed E-state index contributed by atoms with van der Waals surface area (Å²) in [6.45, 7) is 9.77. The second-order valence-corrected chi connectivity index (χ2v) is 5.24. The molecule has 88 valence electrons. The molecule has 0 amide bonds. The van der Waals surface area contributed by atoms with E-state index in [2.05, 4.69) is 4.98 Å². The van der Waals surface area contributed by atoms with Crippen LogP contribution in [0.5, 0.6) is 5.75 Å². The lowest BCUT2D eigenvalue weighted by molar-refractivity contribution is 0.130. The molecule has 0 aliphatic rings. The first kappa shape index (κ1) is 12.9. The Morgan fingerprint density at radius 2 is 1.94 bits per heavy atom. The van der Waals surface area contributed by atoms with Crippen LogP contribution in [-0.2, 0) is 0 Å². The van der Waals surface area contributed by atoms with Crippen molar-refractivity contribution in [1.29, 1.82) is 0 Å². The van der Waals surface area contributed by atoms with Crippen LogP contribution in [0.3, 0.4) is 0 Å². The average Bonchev–Trinajstić information content (AvgIpc) is 1.96. The summed E-state index contributed by atoms with van der Waals surface area (Å²) < 4.78 is 5.85. The van der Waals surface area contributed by atoms with Crippen molar-refractivity contribution in [3.8, 4) is 5.75 Å². The fourth-order valence-corrected chi connectivity index (χ4v) is 1.75. The molecule has 1 heterocycles. The molecular weight excluding hydrogens is 220 g/mol. The van der Waals surface area contributed by atoms with Gasteiger partial charge in [0.2, 0.25) is 0 Å². The van der Waals surface area contributed by atoms with Crippen molar-refractivity contribution in [2.24, 2.45) is 5.73 Å². The molecule has 4 heteroatoms. The summed E-state index contributed by atoms with van der Waals surface area (Å²) >= 11 is 5.03. The van der Waals surface area contributed by atoms with E-state index < -0.39 is 0 Å². The molecule has 1 aromatic rings. The molecule has 0 fully saturated rings. The normalized spacial score (nSPS) is 11.3. The highest BCUT2D eigenvalue weighted by Crippen LogP contribution is 2.25. The Balaban J connectivity index is 3.30. The Hall–Kier alpha value is -1.16. The van der Waals surface area contributed by atoms with Crippen molar-refractivity contribution < 1.29 is 4.74 Å². The fourth-order valence-electron chi connectivity index (χ4n) is 1.50. The van der Waals surface area contributed by atoms with Crippen LogP contribution in [-0.4, -0.2) is 15.6 Å². The monoisotopic (exact) mass is 238 g/mol. The van der Waals surface area contributed by atoms with E-state index in [-0.39, 0.29) is 5.60 Å². The van der Waals surface area contributed by atoms with E-state index in [1.807, 2.05) is 40.7 Å². The molecule has 0 atom stereocenters. The van der Waals surface area contributed by atoms with Crippen LogP contribution >= 0.6 is 12.2 Å². The lowest BCUT2D eigenvalue weighted by atomic mass is 10.1. The van der Waals surface area contributed by atoms with Gasteiger partial charge in [-0.2, -0.15) is 0 Å². The van der Waals surface area contributed by atoms with Crippen LogP contribution in [0, 0.1) is 13.8 Å². The number of nitrogens with two attached hydrogens (primary N) is 1. The Morgan fingerprint density at radius 3 is 2.38 bits per heavy atom. The minimum atomic E-state index is -0.278. The van der Waals surface area contributed by atoms with Crippen LogP contribution in [0.15, 0.2) is 6.07 Å². The molecule has 0 saturated carbocycles. The maximum absolute atomic E-state index is 5.85. The zero-order chi connectivity index (χ0) is 12.5. The van der Waals surface area contributed by atoms with Gasteiger partial charge < -0.3 is 10.5 Å². The van der Waals surface area contributed by atoms with Gasteiger partial charge in [-0.1, -0.05) is 12.2 Å². The lowest BCUT2D eigenvalue weighted by Crippen LogP contribution is -2.25. The van der Waals surface area contributed by atoms with Crippen molar-refractivity contribution in [2.45, 2.75) is 40.2 Å². The van der Waals surface area contributed by atoms with Gasteiger partial charge >= 0.3 is 0 Å². The molecule has 1 rings (SSSR count). The summed E-state index contributed by atoms with van der Waals surface area (Å²) in [5.41, 5.74) is 7.86. The van der Waals surface area contributed by atoms with Crippen LogP contribution in [0.25, 0.3) is 0 Å². The maximum Gasteiger partial charge on any atom is 0.133 e. The van der Waals surface area contributed by atoms with Crippen molar-refractivity contribution in [3.63, 3.8) is 0 Å².